The van der Waals surface area contributed by atoms with Crippen LogP contribution in [-0.2, 0) is 0 Å². The van der Waals surface area contributed by atoms with E-state index in [4.69, 9.17) is 16.2 Å². The lowest BCUT2D eigenvalue weighted by atomic mass is 9.94. The second-order valence-corrected chi connectivity index (χ2v) is 4.42. The number of ether oxygens (including phenoxy) is 1. The molecule has 0 heterocycles. The van der Waals surface area contributed by atoms with Crippen LogP contribution in [0.1, 0.15) is 18.5 Å². The van der Waals surface area contributed by atoms with Crippen molar-refractivity contribution in [1.82, 2.24) is 0 Å². The number of nitrogen functional groups attached to an aromatic ring is 1. The highest BCUT2D eigenvalue weighted by atomic mass is 19.1. The zero-order valence-electron chi connectivity index (χ0n) is 11.0. The highest BCUT2D eigenvalue weighted by Gasteiger charge is 2.20. The Morgan fingerprint density at radius 2 is 1.84 bits per heavy atom. The molecule has 4 N–H and O–H groups in total. The zero-order valence-corrected chi connectivity index (χ0v) is 11.0. The summed E-state index contributed by atoms with van der Waals surface area (Å²) in [4.78, 5) is 0. The molecular formula is C15H17FN2O. The van der Waals surface area contributed by atoms with Crippen molar-refractivity contribution in [3.63, 3.8) is 0 Å². The molecule has 0 radical (unpaired) electrons. The van der Waals surface area contributed by atoms with Crippen LogP contribution in [0.3, 0.4) is 0 Å². The first-order valence-corrected chi connectivity index (χ1v) is 6.03. The van der Waals surface area contributed by atoms with Crippen LogP contribution >= 0.6 is 0 Å². The maximum absolute atomic E-state index is 13.9. The van der Waals surface area contributed by atoms with Crippen molar-refractivity contribution in [3.8, 4) is 16.9 Å². The molecule has 0 saturated carbocycles. The van der Waals surface area contributed by atoms with Crippen molar-refractivity contribution in [2.24, 2.45) is 5.73 Å². The first-order chi connectivity index (χ1) is 9.06. The second kappa shape index (κ2) is 5.28. The molecule has 3 nitrogen and oxygen atoms in total. The average Bonchev–Trinajstić information content (AvgIpc) is 2.41. The van der Waals surface area contributed by atoms with Crippen molar-refractivity contribution in [1.29, 1.82) is 0 Å². The lowest BCUT2D eigenvalue weighted by molar-refractivity contribution is 0.406. The van der Waals surface area contributed by atoms with E-state index in [-0.39, 0.29) is 11.7 Å². The summed E-state index contributed by atoms with van der Waals surface area (Å²) in [7, 11) is 1.46. The van der Waals surface area contributed by atoms with Crippen LogP contribution in [0.5, 0.6) is 5.75 Å². The molecule has 0 aromatic heterocycles. The van der Waals surface area contributed by atoms with E-state index in [1.807, 2.05) is 37.3 Å². The van der Waals surface area contributed by atoms with E-state index in [1.165, 1.54) is 13.2 Å². The molecular weight excluding hydrogens is 243 g/mol. The van der Waals surface area contributed by atoms with Gasteiger partial charge in [-0.15, -0.1) is 0 Å². The number of benzene rings is 2. The number of nitrogens with two attached hydrogens (primary N) is 2. The maximum Gasteiger partial charge on any atom is 0.150 e. The Morgan fingerprint density at radius 3 is 2.37 bits per heavy atom. The van der Waals surface area contributed by atoms with Gasteiger partial charge in [0, 0.05) is 11.6 Å². The Bertz CT molecular complexity index is 582. The van der Waals surface area contributed by atoms with E-state index in [1.54, 1.807) is 0 Å². The fourth-order valence-corrected chi connectivity index (χ4v) is 2.19. The van der Waals surface area contributed by atoms with E-state index < -0.39 is 5.82 Å². The van der Waals surface area contributed by atoms with E-state index in [0.29, 0.717) is 16.9 Å². The molecule has 0 bridgehead atoms. The number of hydrogen-bond donors (Lipinski definition) is 2. The molecule has 2 aromatic rings. The van der Waals surface area contributed by atoms with Crippen LogP contribution in [0, 0.1) is 5.82 Å². The number of methoxy groups -OCH3 is 1. The highest BCUT2D eigenvalue weighted by Crippen LogP contribution is 2.40. The van der Waals surface area contributed by atoms with Crippen molar-refractivity contribution >= 4 is 5.69 Å². The summed E-state index contributed by atoms with van der Waals surface area (Å²) < 4.78 is 19.1. The molecule has 2 rings (SSSR count). The van der Waals surface area contributed by atoms with Gasteiger partial charge in [-0.05, 0) is 24.1 Å². The van der Waals surface area contributed by atoms with Gasteiger partial charge in [-0.25, -0.2) is 4.39 Å². The Hall–Kier alpha value is -2.07. The Kier molecular flexibility index (Phi) is 3.71. The molecule has 0 aliphatic carbocycles. The lowest BCUT2D eigenvalue weighted by Crippen LogP contribution is -2.11. The molecule has 0 fully saturated rings. The van der Waals surface area contributed by atoms with Gasteiger partial charge in [-0.3, -0.25) is 0 Å². The third kappa shape index (κ3) is 2.39. The largest absolute Gasteiger partial charge is 0.494 e. The summed E-state index contributed by atoms with van der Waals surface area (Å²) in [5.74, 6) is -0.186. The van der Waals surface area contributed by atoms with E-state index in [2.05, 4.69) is 0 Å². The van der Waals surface area contributed by atoms with Gasteiger partial charge in [-0.2, -0.15) is 0 Å². The summed E-state index contributed by atoms with van der Waals surface area (Å²) in [6, 6.07) is 10.6. The molecule has 0 aliphatic heterocycles. The summed E-state index contributed by atoms with van der Waals surface area (Å²) in [5.41, 5.74) is 14.0. The van der Waals surface area contributed by atoms with Crippen LogP contribution in [0.4, 0.5) is 10.1 Å². The van der Waals surface area contributed by atoms with Gasteiger partial charge in [0.2, 0.25) is 0 Å². The monoisotopic (exact) mass is 260 g/mol. The number of anilines is 1. The Morgan fingerprint density at radius 1 is 1.21 bits per heavy atom. The fourth-order valence-electron chi connectivity index (χ4n) is 2.19. The fraction of sp³-hybridized carbons (Fsp3) is 0.200. The van der Waals surface area contributed by atoms with Gasteiger partial charge in [-0.1, -0.05) is 30.3 Å². The van der Waals surface area contributed by atoms with E-state index >= 15 is 0 Å². The third-order valence-corrected chi connectivity index (χ3v) is 3.05. The quantitative estimate of drug-likeness (QED) is 0.833. The lowest BCUT2D eigenvalue weighted by Gasteiger charge is -2.19. The van der Waals surface area contributed by atoms with E-state index in [9.17, 15) is 4.39 Å². The summed E-state index contributed by atoms with van der Waals surface area (Å²) in [6.45, 7) is 1.82. The predicted octanol–water partition coefficient (Wildman–Crippen LogP) is 3.10. The van der Waals surface area contributed by atoms with Gasteiger partial charge in [0.15, 0.2) is 5.82 Å². The van der Waals surface area contributed by atoms with Crippen molar-refractivity contribution < 1.29 is 9.13 Å². The molecule has 1 atom stereocenters. The molecule has 0 spiro atoms. The van der Waals surface area contributed by atoms with Crippen molar-refractivity contribution in [2.75, 3.05) is 12.8 Å². The van der Waals surface area contributed by atoms with Crippen molar-refractivity contribution in [2.45, 2.75) is 13.0 Å². The third-order valence-electron chi connectivity index (χ3n) is 3.05. The van der Waals surface area contributed by atoms with Crippen LogP contribution in [-0.4, -0.2) is 7.11 Å². The van der Waals surface area contributed by atoms with Gasteiger partial charge < -0.3 is 16.2 Å². The number of halogens is 1. The van der Waals surface area contributed by atoms with Crippen molar-refractivity contribution in [3.05, 3.63) is 47.8 Å². The molecule has 100 valence electrons. The summed E-state index contributed by atoms with van der Waals surface area (Å²) >= 11 is 0. The molecule has 0 amide bonds. The zero-order chi connectivity index (χ0) is 14.0. The van der Waals surface area contributed by atoms with Crippen LogP contribution in [0.2, 0.25) is 0 Å². The minimum Gasteiger partial charge on any atom is -0.494 e. The second-order valence-electron chi connectivity index (χ2n) is 4.42. The smallest absolute Gasteiger partial charge is 0.150 e. The minimum atomic E-state index is -0.500. The van der Waals surface area contributed by atoms with Gasteiger partial charge in [0.1, 0.15) is 11.4 Å². The first kappa shape index (κ1) is 13.4. The molecule has 4 heteroatoms. The average molecular weight is 260 g/mol. The van der Waals surface area contributed by atoms with Crippen LogP contribution < -0.4 is 16.2 Å². The molecule has 0 aliphatic rings. The van der Waals surface area contributed by atoms with Gasteiger partial charge in [0.05, 0.1) is 7.11 Å². The number of rotatable bonds is 3. The Balaban J connectivity index is 2.77. The number of hydrogen-bond acceptors (Lipinski definition) is 3. The van der Waals surface area contributed by atoms with E-state index in [0.717, 1.165) is 5.56 Å². The van der Waals surface area contributed by atoms with Gasteiger partial charge >= 0.3 is 0 Å². The topological polar surface area (TPSA) is 61.3 Å². The first-order valence-electron chi connectivity index (χ1n) is 6.03. The minimum absolute atomic E-state index is 0.00511. The maximum atomic E-state index is 13.9. The summed E-state index contributed by atoms with van der Waals surface area (Å²) in [6.07, 6.45) is 0. The van der Waals surface area contributed by atoms with Crippen LogP contribution in [0.25, 0.3) is 11.1 Å². The van der Waals surface area contributed by atoms with Crippen LogP contribution in [0.15, 0.2) is 36.4 Å². The Labute approximate surface area is 112 Å². The predicted molar refractivity (Wildman–Crippen MR) is 75.4 cm³/mol. The van der Waals surface area contributed by atoms with Gasteiger partial charge in [0.25, 0.3) is 0 Å². The molecule has 19 heavy (non-hydrogen) atoms. The SMILES string of the molecule is COc1c(N)c(F)cc(-c2ccccc2)c1C(C)N. The summed E-state index contributed by atoms with van der Waals surface area (Å²) in [5, 5.41) is 0. The highest BCUT2D eigenvalue weighted by molar-refractivity contribution is 5.76. The normalized spacial score (nSPS) is 12.2. The molecule has 2 aromatic carbocycles. The standard InChI is InChI=1S/C15H17FN2O/c1-9(17)13-11(10-6-4-3-5-7-10)8-12(16)14(18)15(13)19-2/h3-9H,17-18H2,1-2H3. The molecule has 1 unspecified atom stereocenters. The molecule has 0 saturated heterocycles.